The Morgan fingerprint density at radius 2 is 1.33 bits per heavy atom. The summed E-state index contributed by atoms with van der Waals surface area (Å²) in [6.45, 7) is 1.33. The van der Waals surface area contributed by atoms with Crippen LogP contribution < -0.4 is 4.89 Å². The fraction of sp³-hybridized carbons (Fsp3) is 1.00. The Balaban J connectivity index is 3.63. The van der Waals surface area contributed by atoms with Crippen molar-refractivity contribution in [1.29, 1.82) is 0 Å². The highest BCUT2D eigenvalue weighted by atomic mass is 31.2. The fourth-order valence-corrected chi connectivity index (χ4v) is 1.39. The van der Waals surface area contributed by atoms with E-state index in [-0.39, 0.29) is 13.2 Å². The summed E-state index contributed by atoms with van der Waals surface area (Å²) in [5.74, 6) is 0. The van der Waals surface area contributed by atoms with Gasteiger partial charge in [-0.15, -0.1) is 0 Å². The van der Waals surface area contributed by atoms with E-state index in [0.29, 0.717) is 13.1 Å². The Bertz CT molecular complexity index is 193. The van der Waals surface area contributed by atoms with Gasteiger partial charge in [0.05, 0.1) is 13.2 Å². The van der Waals surface area contributed by atoms with Crippen molar-refractivity contribution in [3.63, 3.8) is 0 Å². The molecule has 0 radical (unpaired) electrons. The number of phosphoric acid groups is 1. The zero-order valence-corrected chi connectivity index (χ0v) is 10.7. The van der Waals surface area contributed by atoms with E-state index in [1.165, 1.54) is 0 Å². The summed E-state index contributed by atoms with van der Waals surface area (Å²) < 4.78 is 20.4. The second-order valence-corrected chi connectivity index (χ2v) is 5.13. The summed E-state index contributed by atoms with van der Waals surface area (Å²) in [6, 6.07) is 0. The third-order valence-electron chi connectivity index (χ3n) is 1.58. The standard InChI is InChI=1S/C8H21N2O4P/c1-9(2)5-7-13-15(11,12)14-8-6-10(3)4/h5-8H2,1-4H3,(H,11,12)/p-1. The molecule has 0 saturated heterocycles. The van der Waals surface area contributed by atoms with E-state index in [2.05, 4.69) is 9.05 Å². The molecule has 0 aromatic carbocycles. The van der Waals surface area contributed by atoms with Gasteiger partial charge in [-0.2, -0.15) is 0 Å². The highest BCUT2D eigenvalue weighted by Gasteiger charge is 2.08. The minimum Gasteiger partial charge on any atom is -0.756 e. The minimum absolute atomic E-state index is 0.121. The first-order chi connectivity index (χ1) is 6.83. The zero-order valence-electron chi connectivity index (χ0n) is 9.80. The molecule has 0 heterocycles. The van der Waals surface area contributed by atoms with Gasteiger partial charge in [0.25, 0.3) is 7.82 Å². The predicted molar refractivity (Wildman–Crippen MR) is 56.6 cm³/mol. The second kappa shape index (κ2) is 7.33. The Hall–Kier alpha value is 0.0300. The molecule has 0 bridgehead atoms. The number of phosphoric ester groups is 1. The third-order valence-corrected chi connectivity index (χ3v) is 2.57. The molecule has 15 heavy (non-hydrogen) atoms. The molecule has 0 aromatic heterocycles. The normalized spacial score (nSPS) is 12.7. The topological polar surface area (TPSA) is 65.1 Å². The molecule has 0 N–H and O–H groups in total. The summed E-state index contributed by atoms with van der Waals surface area (Å²) in [5, 5.41) is 0. The van der Waals surface area contributed by atoms with E-state index in [1.807, 2.05) is 38.0 Å². The molecule has 0 atom stereocenters. The van der Waals surface area contributed by atoms with Crippen LogP contribution in [-0.4, -0.2) is 64.3 Å². The van der Waals surface area contributed by atoms with Crippen molar-refractivity contribution in [2.75, 3.05) is 54.5 Å². The molecule has 0 spiro atoms. The van der Waals surface area contributed by atoms with Gasteiger partial charge in [-0.05, 0) is 28.2 Å². The van der Waals surface area contributed by atoms with Crippen LogP contribution in [0.3, 0.4) is 0 Å². The molecular weight excluding hydrogens is 219 g/mol. The smallest absolute Gasteiger partial charge is 0.267 e. The van der Waals surface area contributed by atoms with Gasteiger partial charge in [0, 0.05) is 13.1 Å². The van der Waals surface area contributed by atoms with E-state index in [0.717, 1.165) is 0 Å². The maximum absolute atomic E-state index is 11.1. The first-order valence-corrected chi connectivity index (χ1v) is 6.19. The van der Waals surface area contributed by atoms with Gasteiger partial charge < -0.3 is 23.7 Å². The van der Waals surface area contributed by atoms with Gasteiger partial charge in [-0.25, -0.2) is 0 Å². The van der Waals surface area contributed by atoms with Gasteiger partial charge in [0.15, 0.2) is 0 Å². The van der Waals surface area contributed by atoms with Gasteiger partial charge in [0.1, 0.15) is 0 Å². The van der Waals surface area contributed by atoms with Gasteiger partial charge in [-0.3, -0.25) is 4.57 Å². The number of rotatable bonds is 8. The van der Waals surface area contributed by atoms with E-state index < -0.39 is 7.82 Å². The molecule has 0 aromatic rings. The van der Waals surface area contributed by atoms with E-state index >= 15 is 0 Å². The van der Waals surface area contributed by atoms with Crippen molar-refractivity contribution in [3.05, 3.63) is 0 Å². The van der Waals surface area contributed by atoms with Crippen LogP contribution >= 0.6 is 7.82 Å². The van der Waals surface area contributed by atoms with Crippen LogP contribution in [-0.2, 0) is 13.6 Å². The largest absolute Gasteiger partial charge is 0.756 e. The number of likely N-dealkylation sites (N-methyl/N-ethyl adjacent to an activating group) is 2. The SMILES string of the molecule is CN(C)CCOP(=O)([O-])OCCN(C)C. The molecule has 0 saturated carbocycles. The van der Waals surface area contributed by atoms with Crippen LogP contribution in [0.25, 0.3) is 0 Å². The highest BCUT2D eigenvalue weighted by Crippen LogP contribution is 2.37. The van der Waals surface area contributed by atoms with Gasteiger partial charge >= 0.3 is 0 Å². The lowest BCUT2D eigenvalue weighted by Crippen LogP contribution is -2.22. The van der Waals surface area contributed by atoms with Crippen molar-refractivity contribution >= 4 is 7.82 Å². The lowest BCUT2D eigenvalue weighted by atomic mass is 10.6. The Kier molecular flexibility index (Phi) is 7.34. The van der Waals surface area contributed by atoms with Crippen molar-refractivity contribution < 1.29 is 18.5 Å². The molecule has 7 heteroatoms. The molecular formula is C8H20N2O4P-. The third kappa shape index (κ3) is 10.3. The van der Waals surface area contributed by atoms with E-state index in [9.17, 15) is 9.46 Å². The van der Waals surface area contributed by atoms with Crippen molar-refractivity contribution in [2.45, 2.75) is 0 Å². The molecule has 6 nitrogen and oxygen atoms in total. The summed E-state index contributed by atoms with van der Waals surface area (Å²) in [4.78, 5) is 14.8. The molecule has 0 unspecified atom stereocenters. The van der Waals surface area contributed by atoms with E-state index in [4.69, 9.17) is 0 Å². The second-order valence-electron chi connectivity index (χ2n) is 3.72. The molecule has 92 valence electrons. The number of hydrogen-bond acceptors (Lipinski definition) is 6. The summed E-state index contributed by atoms with van der Waals surface area (Å²) in [7, 11) is 3.25. The molecule has 0 fully saturated rings. The lowest BCUT2D eigenvalue weighted by molar-refractivity contribution is -0.225. The summed E-state index contributed by atoms with van der Waals surface area (Å²) in [5.41, 5.74) is 0. The Morgan fingerprint density at radius 1 is 1.00 bits per heavy atom. The van der Waals surface area contributed by atoms with Gasteiger partial charge in [-0.1, -0.05) is 0 Å². The average molecular weight is 239 g/mol. The monoisotopic (exact) mass is 239 g/mol. The van der Waals surface area contributed by atoms with Crippen molar-refractivity contribution in [1.82, 2.24) is 9.80 Å². The van der Waals surface area contributed by atoms with Crippen LogP contribution in [0.15, 0.2) is 0 Å². The number of hydrogen-bond donors (Lipinski definition) is 0. The lowest BCUT2D eigenvalue weighted by Gasteiger charge is -2.24. The maximum atomic E-state index is 11.1. The first-order valence-electron chi connectivity index (χ1n) is 4.73. The quantitative estimate of drug-likeness (QED) is 0.537. The molecule has 0 aliphatic carbocycles. The highest BCUT2D eigenvalue weighted by molar-refractivity contribution is 7.45. The van der Waals surface area contributed by atoms with Crippen LogP contribution in [0.4, 0.5) is 0 Å². The zero-order chi connectivity index (χ0) is 11.9. The number of nitrogens with zero attached hydrogens (tertiary/aromatic N) is 2. The van der Waals surface area contributed by atoms with Gasteiger partial charge in [0.2, 0.25) is 0 Å². The Labute approximate surface area is 91.4 Å². The molecule has 0 rings (SSSR count). The summed E-state index contributed by atoms with van der Waals surface area (Å²) in [6.07, 6.45) is 0. The molecule has 0 aliphatic rings. The molecule has 0 amide bonds. The predicted octanol–water partition coefficient (Wildman–Crippen LogP) is -0.389. The van der Waals surface area contributed by atoms with Crippen molar-refractivity contribution in [2.24, 2.45) is 0 Å². The van der Waals surface area contributed by atoms with Crippen LogP contribution in [0.1, 0.15) is 0 Å². The van der Waals surface area contributed by atoms with Crippen LogP contribution in [0.5, 0.6) is 0 Å². The van der Waals surface area contributed by atoms with Crippen LogP contribution in [0, 0.1) is 0 Å². The van der Waals surface area contributed by atoms with E-state index in [1.54, 1.807) is 0 Å². The van der Waals surface area contributed by atoms with Crippen molar-refractivity contribution in [3.8, 4) is 0 Å². The first kappa shape index (κ1) is 15.0. The maximum Gasteiger partial charge on any atom is 0.267 e. The fourth-order valence-electron chi connectivity index (χ4n) is 0.708. The summed E-state index contributed by atoms with van der Waals surface area (Å²) >= 11 is 0. The van der Waals surface area contributed by atoms with Crippen LogP contribution in [0.2, 0.25) is 0 Å². The minimum atomic E-state index is -4.11. The molecule has 0 aliphatic heterocycles. The Morgan fingerprint density at radius 3 is 1.60 bits per heavy atom. The average Bonchev–Trinajstić information content (AvgIpc) is 2.01.